The van der Waals surface area contributed by atoms with Crippen molar-refractivity contribution in [3.05, 3.63) is 157 Å². The smallest absolute Gasteiger partial charge is 0.0792 e. The predicted molar refractivity (Wildman–Crippen MR) is 171 cm³/mol. The van der Waals surface area contributed by atoms with E-state index in [1.54, 1.807) is 0 Å². The van der Waals surface area contributed by atoms with Crippen molar-refractivity contribution >= 4 is 10.9 Å². The summed E-state index contributed by atoms with van der Waals surface area (Å²) < 4.78 is 0. The van der Waals surface area contributed by atoms with Crippen LogP contribution in [-0.2, 0) is 0 Å². The molecule has 0 aliphatic rings. The Bertz CT molecular complexity index is 1980. The summed E-state index contributed by atoms with van der Waals surface area (Å²) in [7, 11) is 0. The third kappa shape index (κ3) is 4.70. The molecule has 2 aromatic heterocycles. The second-order valence-electron chi connectivity index (χ2n) is 10.3. The van der Waals surface area contributed by atoms with E-state index in [-0.39, 0.29) is 0 Å². The molecule has 2 heterocycles. The average molecular weight is 525 g/mol. The zero-order valence-electron chi connectivity index (χ0n) is 22.8. The highest BCUT2D eigenvalue weighted by Crippen LogP contribution is 2.43. The molecule has 194 valence electrons. The summed E-state index contributed by atoms with van der Waals surface area (Å²) in [4.78, 5) is 9.65. The lowest BCUT2D eigenvalue weighted by atomic mass is 9.87. The Morgan fingerprint density at radius 3 is 1.78 bits per heavy atom. The van der Waals surface area contributed by atoms with Gasteiger partial charge in [-0.2, -0.15) is 0 Å². The molecule has 7 aromatic rings. The first-order valence-electron chi connectivity index (χ1n) is 13.9. The van der Waals surface area contributed by atoms with Gasteiger partial charge in [-0.15, -0.1) is 0 Å². The number of aryl methyl sites for hydroxylation is 1. The second-order valence-corrected chi connectivity index (χ2v) is 10.3. The van der Waals surface area contributed by atoms with Crippen molar-refractivity contribution in [1.82, 2.24) is 9.97 Å². The minimum atomic E-state index is 0.962. The van der Waals surface area contributed by atoms with E-state index in [9.17, 15) is 0 Å². The molecule has 0 atom stereocenters. The van der Waals surface area contributed by atoms with E-state index in [0.717, 1.165) is 38.9 Å². The van der Waals surface area contributed by atoms with Crippen molar-refractivity contribution < 1.29 is 0 Å². The van der Waals surface area contributed by atoms with Gasteiger partial charge < -0.3 is 0 Å². The first kappa shape index (κ1) is 24.7. The van der Waals surface area contributed by atoms with Crippen LogP contribution in [-0.4, -0.2) is 9.97 Å². The van der Waals surface area contributed by atoms with E-state index >= 15 is 0 Å². The molecule has 0 aliphatic carbocycles. The Kier molecular flexibility index (Phi) is 6.42. The van der Waals surface area contributed by atoms with Gasteiger partial charge >= 0.3 is 0 Å². The maximum atomic E-state index is 5.06. The highest BCUT2D eigenvalue weighted by molar-refractivity contribution is 6.11. The predicted octanol–water partition coefficient (Wildman–Crippen LogP) is 10.3. The highest BCUT2D eigenvalue weighted by Gasteiger charge is 2.18. The van der Waals surface area contributed by atoms with E-state index in [1.807, 2.05) is 24.5 Å². The Hall–Kier alpha value is -5.34. The van der Waals surface area contributed by atoms with Crippen LogP contribution in [0, 0.1) is 6.92 Å². The van der Waals surface area contributed by atoms with Crippen LogP contribution in [0.2, 0.25) is 0 Å². The first-order chi connectivity index (χ1) is 20.3. The number of hydrogen-bond acceptors (Lipinski definition) is 2. The zero-order valence-corrected chi connectivity index (χ0v) is 22.8. The van der Waals surface area contributed by atoms with Crippen LogP contribution in [0.25, 0.3) is 66.7 Å². The van der Waals surface area contributed by atoms with Gasteiger partial charge in [0.25, 0.3) is 0 Å². The molecule has 5 aromatic carbocycles. The van der Waals surface area contributed by atoms with Gasteiger partial charge in [0.2, 0.25) is 0 Å². The molecule has 0 fully saturated rings. The number of rotatable bonds is 5. The van der Waals surface area contributed by atoms with Crippen molar-refractivity contribution in [2.24, 2.45) is 0 Å². The van der Waals surface area contributed by atoms with Crippen molar-refractivity contribution in [1.29, 1.82) is 0 Å². The van der Waals surface area contributed by atoms with Crippen LogP contribution in [0.5, 0.6) is 0 Å². The number of nitrogens with zero attached hydrogens (tertiary/aromatic N) is 2. The molecule has 0 N–H and O–H groups in total. The minimum Gasteiger partial charge on any atom is -0.256 e. The van der Waals surface area contributed by atoms with E-state index < -0.39 is 0 Å². The average Bonchev–Trinajstić information content (AvgIpc) is 3.05. The van der Waals surface area contributed by atoms with Gasteiger partial charge in [0.05, 0.1) is 11.2 Å². The number of hydrogen-bond donors (Lipinski definition) is 0. The fourth-order valence-electron chi connectivity index (χ4n) is 5.71. The maximum absolute atomic E-state index is 5.06. The van der Waals surface area contributed by atoms with E-state index in [4.69, 9.17) is 4.98 Å². The van der Waals surface area contributed by atoms with Crippen molar-refractivity contribution in [3.8, 4) is 55.8 Å². The van der Waals surface area contributed by atoms with Gasteiger partial charge in [0, 0.05) is 28.9 Å². The van der Waals surface area contributed by atoms with Crippen LogP contribution in [0.15, 0.2) is 152 Å². The molecule has 2 heteroatoms. The molecule has 0 amide bonds. The fourth-order valence-corrected chi connectivity index (χ4v) is 5.71. The molecule has 2 nitrogen and oxygen atoms in total. The van der Waals surface area contributed by atoms with Crippen molar-refractivity contribution in [2.75, 3.05) is 0 Å². The van der Waals surface area contributed by atoms with Crippen molar-refractivity contribution in [2.45, 2.75) is 6.92 Å². The standard InChI is InChI=1S/C39H28N2/c1-27-18-19-34(36(25-27)29-13-6-3-7-14-29)35-21-20-32(30-15-10-16-31(26-30)37-17-8-9-23-40-37)38-33(22-24-41-39(35)38)28-11-4-2-5-12-28/h2-26H,1H3. The van der Waals surface area contributed by atoms with E-state index in [2.05, 4.69) is 139 Å². The lowest BCUT2D eigenvalue weighted by molar-refractivity contribution is 1.33. The molecule has 7 rings (SSSR count). The number of benzene rings is 5. The van der Waals surface area contributed by atoms with Gasteiger partial charge in [-0.25, -0.2) is 0 Å². The molecule has 0 unspecified atom stereocenters. The molecule has 0 radical (unpaired) electrons. The third-order valence-electron chi connectivity index (χ3n) is 7.66. The normalized spacial score (nSPS) is 11.0. The minimum absolute atomic E-state index is 0.962. The molecule has 0 spiro atoms. The Morgan fingerprint density at radius 2 is 1.02 bits per heavy atom. The third-order valence-corrected chi connectivity index (χ3v) is 7.66. The molecule has 0 aliphatic heterocycles. The van der Waals surface area contributed by atoms with Crippen LogP contribution < -0.4 is 0 Å². The van der Waals surface area contributed by atoms with Crippen LogP contribution in [0.3, 0.4) is 0 Å². The van der Waals surface area contributed by atoms with Crippen LogP contribution in [0.1, 0.15) is 5.56 Å². The fraction of sp³-hybridized carbons (Fsp3) is 0.0256. The summed E-state index contributed by atoms with van der Waals surface area (Å²) in [5.41, 5.74) is 13.6. The maximum Gasteiger partial charge on any atom is 0.0792 e. The van der Waals surface area contributed by atoms with Gasteiger partial charge in [0.1, 0.15) is 0 Å². The SMILES string of the molecule is Cc1ccc(-c2ccc(-c3cccc(-c4ccccn4)c3)c3c(-c4ccccc4)ccnc23)c(-c2ccccc2)c1. The topological polar surface area (TPSA) is 25.8 Å². The molecule has 41 heavy (non-hydrogen) atoms. The van der Waals surface area contributed by atoms with Crippen LogP contribution >= 0.6 is 0 Å². The lowest BCUT2D eigenvalue weighted by Crippen LogP contribution is -1.94. The molecule has 0 saturated carbocycles. The number of fused-ring (bicyclic) bond motifs is 1. The Balaban J connectivity index is 1.52. The summed E-state index contributed by atoms with van der Waals surface area (Å²) in [5, 5.41) is 1.15. The van der Waals surface area contributed by atoms with Gasteiger partial charge in [0.15, 0.2) is 0 Å². The van der Waals surface area contributed by atoms with Gasteiger partial charge in [-0.1, -0.05) is 121 Å². The summed E-state index contributed by atoms with van der Waals surface area (Å²) in [6.45, 7) is 2.15. The lowest BCUT2D eigenvalue weighted by Gasteiger charge is -2.18. The highest BCUT2D eigenvalue weighted by atomic mass is 14.7. The van der Waals surface area contributed by atoms with Crippen molar-refractivity contribution in [3.63, 3.8) is 0 Å². The largest absolute Gasteiger partial charge is 0.256 e. The summed E-state index contributed by atoms with van der Waals surface area (Å²) in [6.07, 6.45) is 3.79. The number of aromatic nitrogens is 2. The number of pyridine rings is 2. The molecular formula is C39H28N2. The summed E-state index contributed by atoms with van der Waals surface area (Å²) >= 11 is 0. The first-order valence-corrected chi connectivity index (χ1v) is 13.9. The molecule has 0 saturated heterocycles. The molecular weight excluding hydrogens is 496 g/mol. The summed E-state index contributed by atoms with van der Waals surface area (Å²) in [6, 6.07) is 49.3. The zero-order chi connectivity index (χ0) is 27.6. The van der Waals surface area contributed by atoms with Gasteiger partial charge in [-0.3, -0.25) is 9.97 Å². The van der Waals surface area contributed by atoms with Gasteiger partial charge in [-0.05, 0) is 70.1 Å². The Morgan fingerprint density at radius 1 is 0.390 bits per heavy atom. The monoisotopic (exact) mass is 524 g/mol. The van der Waals surface area contributed by atoms with E-state index in [0.29, 0.717) is 0 Å². The summed E-state index contributed by atoms with van der Waals surface area (Å²) in [5.74, 6) is 0. The second kappa shape index (κ2) is 10.7. The Labute approximate surface area is 240 Å². The van der Waals surface area contributed by atoms with E-state index in [1.165, 1.54) is 33.4 Å². The molecule has 0 bridgehead atoms. The quantitative estimate of drug-likeness (QED) is 0.224. The van der Waals surface area contributed by atoms with Crippen LogP contribution in [0.4, 0.5) is 0 Å².